The molecule has 2 saturated heterocycles. The van der Waals surface area contributed by atoms with Gasteiger partial charge in [0.25, 0.3) is 5.91 Å². The van der Waals surface area contributed by atoms with Gasteiger partial charge in [-0.05, 0) is 55.2 Å². The summed E-state index contributed by atoms with van der Waals surface area (Å²) >= 11 is 0. The number of alkyl halides is 6. The summed E-state index contributed by atoms with van der Waals surface area (Å²) in [6, 6.07) is 6.22. The lowest BCUT2D eigenvalue weighted by atomic mass is 9.97. The van der Waals surface area contributed by atoms with Crippen molar-refractivity contribution in [1.29, 1.82) is 0 Å². The lowest BCUT2D eigenvalue weighted by Crippen LogP contribution is -2.56. The van der Waals surface area contributed by atoms with Gasteiger partial charge < -0.3 is 14.7 Å². The number of hydrogen-bond acceptors (Lipinski definition) is 5. The molecular formula is C31H35F6N3O3. The Morgan fingerprint density at radius 2 is 1.58 bits per heavy atom. The first-order chi connectivity index (χ1) is 20.3. The van der Waals surface area contributed by atoms with Crippen molar-refractivity contribution < 1.29 is 41.0 Å². The van der Waals surface area contributed by atoms with Crippen LogP contribution in [-0.4, -0.2) is 96.9 Å². The number of hydrogen-bond donors (Lipinski definition) is 1. The summed E-state index contributed by atoms with van der Waals surface area (Å²) in [7, 11) is 0. The van der Waals surface area contributed by atoms with E-state index in [1.807, 2.05) is 41.8 Å². The summed E-state index contributed by atoms with van der Waals surface area (Å²) in [5.74, 6) is 5.37. The van der Waals surface area contributed by atoms with Crippen LogP contribution < -0.4 is 0 Å². The molecule has 0 aliphatic carbocycles. The third-order valence-electron chi connectivity index (χ3n) is 7.98. The second kappa shape index (κ2) is 13.7. The molecule has 2 aliphatic heterocycles. The van der Waals surface area contributed by atoms with Gasteiger partial charge in [0.1, 0.15) is 0 Å². The highest BCUT2D eigenvalue weighted by atomic mass is 19.4. The van der Waals surface area contributed by atoms with Crippen molar-refractivity contribution >= 4 is 5.91 Å². The number of aliphatic hydroxyl groups is 1. The Labute approximate surface area is 247 Å². The molecule has 1 amide bonds. The first kappa shape index (κ1) is 32.8. The monoisotopic (exact) mass is 611 g/mol. The number of benzene rings is 2. The minimum absolute atomic E-state index is 0.0274. The largest absolute Gasteiger partial charge is 0.416 e. The van der Waals surface area contributed by atoms with Crippen LogP contribution in [-0.2, 0) is 23.5 Å². The van der Waals surface area contributed by atoms with Gasteiger partial charge in [-0.2, -0.15) is 26.3 Å². The highest BCUT2D eigenvalue weighted by molar-refractivity contribution is 5.95. The lowest BCUT2D eigenvalue weighted by Gasteiger charge is -2.41. The number of piperazine rings is 1. The van der Waals surface area contributed by atoms with Crippen LogP contribution >= 0.6 is 0 Å². The van der Waals surface area contributed by atoms with Gasteiger partial charge in [-0.1, -0.05) is 30.0 Å². The maximum atomic E-state index is 13.6. The predicted octanol–water partition coefficient (Wildman–Crippen LogP) is 4.41. The summed E-state index contributed by atoms with van der Waals surface area (Å²) in [4.78, 5) is 19.0. The number of morpholine rings is 1. The van der Waals surface area contributed by atoms with Gasteiger partial charge in [-0.3, -0.25) is 14.6 Å². The SMILES string of the molecule is Cc1ccc(C[C@@H]2CN(CC#CCN3CCOC[C@@H]3CO)CCN2C(=O)c2cc(C(F)(F)F)cc(C(F)(F)F)c2)cc1C. The van der Waals surface area contributed by atoms with E-state index in [4.69, 9.17) is 4.74 Å². The van der Waals surface area contributed by atoms with Crippen molar-refractivity contribution in [2.45, 2.75) is 44.7 Å². The second-order valence-electron chi connectivity index (χ2n) is 11.0. The summed E-state index contributed by atoms with van der Waals surface area (Å²) in [5, 5.41) is 9.54. The highest BCUT2D eigenvalue weighted by Gasteiger charge is 2.39. The van der Waals surface area contributed by atoms with Crippen LogP contribution in [0, 0.1) is 25.7 Å². The molecule has 1 N–H and O–H groups in total. The van der Waals surface area contributed by atoms with Crippen molar-refractivity contribution in [3.8, 4) is 11.8 Å². The number of aliphatic hydroxyl groups excluding tert-OH is 1. The van der Waals surface area contributed by atoms with Crippen molar-refractivity contribution in [2.75, 3.05) is 59.1 Å². The molecular weight excluding hydrogens is 576 g/mol. The van der Waals surface area contributed by atoms with E-state index in [0.717, 1.165) is 16.7 Å². The fourth-order valence-corrected chi connectivity index (χ4v) is 5.34. The van der Waals surface area contributed by atoms with E-state index in [2.05, 4.69) is 11.8 Å². The van der Waals surface area contributed by atoms with Crippen LogP contribution in [0.2, 0.25) is 0 Å². The quantitative estimate of drug-likeness (QED) is 0.388. The van der Waals surface area contributed by atoms with Gasteiger partial charge in [-0.25, -0.2) is 0 Å². The predicted molar refractivity (Wildman–Crippen MR) is 148 cm³/mol. The number of ether oxygens (including phenoxy) is 1. The van der Waals surface area contributed by atoms with E-state index in [0.29, 0.717) is 64.5 Å². The molecule has 2 aromatic carbocycles. The number of rotatable bonds is 6. The van der Waals surface area contributed by atoms with Crippen LogP contribution in [0.5, 0.6) is 0 Å². The topological polar surface area (TPSA) is 56.2 Å². The first-order valence-corrected chi connectivity index (χ1v) is 14.0. The van der Waals surface area contributed by atoms with E-state index in [9.17, 15) is 36.2 Å². The van der Waals surface area contributed by atoms with Crippen LogP contribution in [0.25, 0.3) is 0 Å². The Balaban J connectivity index is 1.56. The summed E-state index contributed by atoms with van der Waals surface area (Å²) in [5.41, 5.74) is -0.677. The number of aryl methyl sites for hydroxylation is 2. The van der Waals surface area contributed by atoms with Crippen LogP contribution in [0.1, 0.15) is 38.2 Å². The van der Waals surface area contributed by atoms with E-state index < -0.39 is 41.0 Å². The highest BCUT2D eigenvalue weighted by Crippen LogP contribution is 2.37. The molecule has 2 atom stereocenters. The van der Waals surface area contributed by atoms with E-state index in [1.54, 1.807) is 0 Å². The molecule has 234 valence electrons. The van der Waals surface area contributed by atoms with Gasteiger partial charge in [0.05, 0.1) is 50.1 Å². The zero-order chi connectivity index (χ0) is 31.4. The minimum atomic E-state index is -5.05. The normalized spacial score (nSPS) is 20.5. The van der Waals surface area contributed by atoms with E-state index >= 15 is 0 Å². The molecule has 0 aromatic heterocycles. The van der Waals surface area contributed by atoms with Crippen molar-refractivity contribution in [2.24, 2.45) is 0 Å². The fourth-order valence-electron chi connectivity index (χ4n) is 5.34. The zero-order valence-electron chi connectivity index (χ0n) is 24.1. The van der Waals surface area contributed by atoms with Gasteiger partial charge in [0.2, 0.25) is 0 Å². The Bertz CT molecular complexity index is 1320. The van der Waals surface area contributed by atoms with E-state index in [1.165, 1.54) is 4.90 Å². The Morgan fingerprint density at radius 3 is 2.21 bits per heavy atom. The third-order valence-corrected chi connectivity index (χ3v) is 7.98. The molecule has 0 spiro atoms. The number of carbonyl (C=O) groups is 1. The molecule has 2 aromatic rings. The van der Waals surface area contributed by atoms with Gasteiger partial charge in [0.15, 0.2) is 0 Å². The zero-order valence-corrected chi connectivity index (χ0v) is 24.1. The fraction of sp³-hybridized carbons (Fsp3) is 0.516. The summed E-state index contributed by atoms with van der Waals surface area (Å²) in [6.07, 6.45) is -9.73. The third kappa shape index (κ3) is 8.50. The standard InChI is InChI=1S/C31H35F6N3O3/c1-21-5-6-23(13-22(21)2)14-27-18-38(7-3-4-8-39-11-12-43-20-28(39)19-41)9-10-40(27)29(42)24-15-25(30(32,33)34)17-26(16-24)31(35,36)37/h5-6,13,15-17,27-28,41H,7-12,14,18-20H2,1-2H3/t27-,28+/m1/s1. The second-order valence-corrected chi connectivity index (χ2v) is 11.0. The van der Waals surface area contributed by atoms with Gasteiger partial charge in [0, 0.05) is 37.8 Å². The number of carbonyl (C=O) groups excluding carboxylic acids is 1. The number of nitrogens with zero attached hydrogens (tertiary/aromatic N) is 3. The molecule has 0 radical (unpaired) electrons. The molecule has 2 fully saturated rings. The molecule has 43 heavy (non-hydrogen) atoms. The van der Waals surface area contributed by atoms with Gasteiger partial charge >= 0.3 is 12.4 Å². The van der Waals surface area contributed by atoms with Crippen molar-refractivity contribution in [3.63, 3.8) is 0 Å². The van der Waals surface area contributed by atoms with Crippen LogP contribution in [0.15, 0.2) is 36.4 Å². The lowest BCUT2D eigenvalue weighted by molar-refractivity contribution is -0.143. The molecule has 0 saturated carbocycles. The molecule has 0 unspecified atom stereocenters. The number of halogens is 6. The average Bonchev–Trinajstić information content (AvgIpc) is 2.96. The first-order valence-electron chi connectivity index (χ1n) is 14.0. The maximum absolute atomic E-state index is 13.6. The van der Waals surface area contributed by atoms with Gasteiger partial charge in [-0.15, -0.1) is 0 Å². The Morgan fingerprint density at radius 1 is 0.907 bits per heavy atom. The molecule has 12 heteroatoms. The summed E-state index contributed by atoms with van der Waals surface area (Å²) in [6.45, 7) is 7.17. The number of amides is 1. The van der Waals surface area contributed by atoms with Crippen LogP contribution in [0.3, 0.4) is 0 Å². The van der Waals surface area contributed by atoms with E-state index in [-0.39, 0.29) is 25.3 Å². The molecule has 0 bridgehead atoms. The Hall–Kier alpha value is -3.11. The minimum Gasteiger partial charge on any atom is -0.395 e. The van der Waals surface area contributed by atoms with Crippen LogP contribution in [0.4, 0.5) is 26.3 Å². The summed E-state index contributed by atoms with van der Waals surface area (Å²) < 4.78 is 86.4. The smallest absolute Gasteiger partial charge is 0.395 e. The van der Waals surface area contributed by atoms with Crippen molar-refractivity contribution in [3.05, 3.63) is 69.8 Å². The molecule has 4 rings (SSSR count). The van der Waals surface area contributed by atoms with Crippen molar-refractivity contribution in [1.82, 2.24) is 14.7 Å². The average molecular weight is 612 g/mol. The molecule has 2 heterocycles. The maximum Gasteiger partial charge on any atom is 0.416 e. The molecule has 6 nitrogen and oxygen atoms in total. The Kier molecular flexibility index (Phi) is 10.4. The molecule has 2 aliphatic rings.